The molecular weight excluding hydrogens is 292 g/mol. The van der Waals surface area contributed by atoms with E-state index >= 15 is 0 Å². The third-order valence-corrected chi connectivity index (χ3v) is 4.45. The molecule has 2 aromatic rings. The molecular formula is C17H22N4O2. The summed E-state index contributed by atoms with van der Waals surface area (Å²) in [7, 11) is 0. The van der Waals surface area contributed by atoms with Crippen LogP contribution in [-0.2, 0) is 0 Å². The lowest BCUT2D eigenvalue weighted by molar-refractivity contribution is 0.0690. The summed E-state index contributed by atoms with van der Waals surface area (Å²) in [5.41, 5.74) is 3.02. The Balaban J connectivity index is 2.00. The fraction of sp³-hybridized carbons (Fsp3) is 0.471. The summed E-state index contributed by atoms with van der Waals surface area (Å²) in [6.07, 6.45) is 2.10. The summed E-state index contributed by atoms with van der Waals surface area (Å²) in [4.78, 5) is 15.1. The molecule has 0 saturated carbocycles. The van der Waals surface area contributed by atoms with Crippen molar-refractivity contribution in [2.24, 2.45) is 5.92 Å². The Morgan fingerprint density at radius 3 is 2.52 bits per heavy atom. The van der Waals surface area contributed by atoms with E-state index in [2.05, 4.69) is 17.1 Å². The van der Waals surface area contributed by atoms with Crippen LogP contribution in [0.25, 0.3) is 5.69 Å². The molecule has 0 amide bonds. The van der Waals surface area contributed by atoms with E-state index in [-0.39, 0.29) is 5.69 Å². The highest BCUT2D eigenvalue weighted by molar-refractivity contribution is 5.91. The maximum absolute atomic E-state index is 11.6. The van der Waals surface area contributed by atoms with Crippen LogP contribution in [0.1, 0.15) is 41.4 Å². The van der Waals surface area contributed by atoms with Crippen molar-refractivity contribution in [2.75, 3.05) is 18.0 Å². The molecule has 0 radical (unpaired) electrons. The van der Waals surface area contributed by atoms with Gasteiger partial charge >= 0.3 is 5.97 Å². The lowest BCUT2D eigenvalue weighted by Gasteiger charge is -2.30. The second-order valence-corrected chi connectivity index (χ2v) is 6.43. The largest absolute Gasteiger partial charge is 0.476 e. The molecule has 1 aliphatic heterocycles. The number of aryl methyl sites for hydroxylation is 2. The number of rotatable bonds is 3. The third kappa shape index (κ3) is 3.06. The van der Waals surface area contributed by atoms with Crippen LogP contribution < -0.4 is 4.90 Å². The van der Waals surface area contributed by atoms with E-state index < -0.39 is 5.97 Å². The Labute approximate surface area is 135 Å². The van der Waals surface area contributed by atoms with Crippen LogP contribution in [0.3, 0.4) is 0 Å². The Morgan fingerprint density at radius 1 is 1.22 bits per heavy atom. The number of piperidine rings is 1. The SMILES string of the molecule is Cc1ccc(-n2nc(C(=O)O)c(N3CCC(C)CC3)n2)c(C)c1. The monoisotopic (exact) mass is 314 g/mol. The fourth-order valence-electron chi connectivity index (χ4n) is 3.01. The van der Waals surface area contributed by atoms with Gasteiger partial charge in [-0.25, -0.2) is 4.79 Å². The van der Waals surface area contributed by atoms with Crippen LogP contribution in [0.5, 0.6) is 0 Å². The molecule has 1 saturated heterocycles. The molecule has 3 rings (SSSR count). The zero-order valence-corrected chi connectivity index (χ0v) is 13.8. The molecule has 122 valence electrons. The van der Waals surface area contributed by atoms with E-state index in [1.165, 1.54) is 4.80 Å². The molecule has 0 unspecified atom stereocenters. The number of anilines is 1. The van der Waals surface area contributed by atoms with Gasteiger partial charge in [0.15, 0.2) is 5.82 Å². The first-order chi connectivity index (χ1) is 11.0. The summed E-state index contributed by atoms with van der Waals surface area (Å²) >= 11 is 0. The molecule has 0 atom stereocenters. The highest BCUT2D eigenvalue weighted by Gasteiger charge is 2.26. The fourth-order valence-corrected chi connectivity index (χ4v) is 3.01. The van der Waals surface area contributed by atoms with E-state index in [4.69, 9.17) is 0 Å². The predicted octanol–water partition coefficient (Wildman–Crippen LogP) is 2.82. The van der Waals surface area contributed by atoms with Crippen LogP contribution in [0, 0.1) is 19.8 Å². The first kappa shape index (κ1) is 15.5. The van der Waals surface area contributed by atoms with Crippen molar-refractivity contribution in [2.45, 2.75) is 33.6 Å². The number of aromatic carboxylic acids is 1. The second-order valence-electron chi connectivity index (χ2n) is 6.43. The molecule has 6 nitrogen and oxygen atoms in total. The lowest BCUT2D eigenvalue weighted by atomic mass is 9.99. The maximum Gasteiger partial charge on any atom is 0.360 e. The number of aromatic nitrogens is 3. The molecule has 23 heavy (non-hydrogen) atoms. The minimum absolute atomic E-state index is 0.0273. The van der Waals surface area contributed by atoms with Gasteiger partial charge in [0, 0.05) is 13.1 Å². The summed E-state index contributed by atoms with van der Waals surface area (Å²) in [6.45, 7) is 7.88. The van der Waals surface area contributed by atoms with Gasteiger partial charge in [-0.3, -0.25) is 0 Å². The number of benzene rings is 1. The van der Waals surface area contributed by atoms with Gasteiger partial charge in [-0.05, 0) is 44.2 Å². The average molecular weight is 314 g/mol. The first-order valence-electron chi connectivity index (χ1n) is 7.99. The van der Waals surface area contributed by atoms with Gasteiger partial charge in [0.1, 0.15) is 0 Å². The zero-order chi connectivity index (χ0) is 16.6. The predicted molar refractivity (Wildman–Crippen MR) is 88.4 cm³/mol. The minimum atomic E-state index is -1.03. The topological polar surface area (TPSA) is 71.2 Å². The Morgan fingerprint density at radius 2 is 1.91 bits per heavy atom. The summed E-state index contributed by atoms with van der Waals surface area (Å²) in [6, 6.07) is 5.95. The van der Waals surface area contributed by atoms with Crippen molar-refractivity contribution in [3.05, 3.63) is 35.0 Å². The molecule has 1 aromatic carbocycles. The molecule has 0 bridgehead atoms. The first-order valence-corrected chi connectivity index (χ1v) is 7.99. The van der Waals surface area contributed by atoms with Gasteiger partial charge in [-0.2, -0.15) is 0 Å². The molecule has 6 heteroatoms. The molecule has 0 spiro atoms. The number of carbonyl (C=O) groups is 1. The highest BCUT2D eigenvalue weighted by Crippen LogP contribution is 2.25. The number of hydrogen-bond acceptors (Lipinski definition) is 4. The van der Waals surface area contributed by atoms with Gasteiger partial charge in [-0.1, -0.05) is 24.6 Å². The van der Waals surface area contributed by atoms with Crippen LogP contribution in [-0.4, -0.2) is 39.2 Å². The normalized spacial score (nSPS) is 15.9. The Bertz CT molecular complexity index is 730. The van der Waals surface area contributed by atoms with E-state index in [9.17, 15) is 9.90 Å². The van der Waals surface area contributed by atoms with Crippen molar-refractivity contribution >= 4 is 11.8 Å². The van der Waals surface area contributed by atoms with Crippen molar-refractivity contribution in [1.29, 1.82) is 0 Å². The number of nitrogens with zero attached hydrogens (tertiary/aromatic N) is 4. The summed E-state index contributed by atoms with van der Waals surface area (Å²) < 4.78 is 0. The average Bonchev–Trinajstić information content (AvgIpc) is 2.93. The highest BCUT2D eigenvalue weighted by atomic mass is 16.4. The molecule has 1 aliphatic rings. The molecule has 1 fully saturated rings. The van der Waals surface area contributed by atoms with E-state index in [1.807, 2.05) is 36.9 Å². The molecule has 1 N–H and O–H groups in total. The number of carboxylic acid groups (broad SMARTS) is 1. The Hall–Kier alpha value is -2.37. The molecule has 0 aliphatic carbocycles. The zero-order valence-electron chi connectivity index (χ0n) is 13.8. The van der Waals surface area contributed by atoms with Crippen LogP contribution in [0.15, 0.2) is 18.2 Å². The lowest BCUT2D eigenvalue weighted by Crippen LogP contribution is -2.34. The summed E-state index contributed by atoms with van der Waals surface area (Å²) in [5, 5.41) is 18.2. The van der Waals surface area contributed by atoms with E-state index in [0.717, 1.165) is 42.7 Å². The smallest absolute Gasteiger partial charge is 0.360 e. The van der Waals surface area contributed by atoms with Crippen LogP contribution >= 0.6 is 0 Å². The second kappa shape index (κ2) is 6.02. The van der Waals surface area contributed by atoms with Crippen LogP contribution in [0.4, 0.5) is 5.82 Å². The van der Waals surface area contributed by atoms with Gasteiger partial charge in [0.05, 0.1) is 5.69 Å². The van der Waals surface area contributed by atoms with E-state index in [1.54, 1.807) is 0 Å². The third-order valence-electron chi connectivity index (χ3n) is 4.45. The van der Waals surface area contributed by atoms with Gasteiger partial charge in [0.25, 0.3) is 0 Å². The maximum atomic E-state index is 11.6. The minimum Gasteiger partial charge on any atom is -0.476 e. The van der Waals surface area contributed by atoms with Crippen molar-refractivity contribution in [3.63, 3.8) is 0 Å². The van der Waals surface area contributed by atoms with Gasteiger partial charge in [0.2, 0.25) is 5.69 Å². The van der Waals surface area contributed by atoms with E-state index in [0.29, 0.717) is 11.7 Å². The quantitative estimate of drug-likeness (QED) is 0.943. The van der Waals surface area contributed by atoms with Gasteiger partial charge < -0.3 is 10.0 Å². The van der Waals surface area contributed by atoms with Crippen molar-refractivity contribution < 1.29 is 9.90 Å². The Kier molecular flexibility index (Phi) is 4.07. The molecule has 1 aromatic heterocycles. The molecule has 2 heterocycles. The van der Waals surface area contributed by atoms with Crippen LogP contribution in [0.2, 0.25) is 0 Å². The number of carboxylic acids is 1. The standard InChI is InChI=1S/C17H22N4O2/c1-11-6-8-20(9-7-11)16-15(17(22)23)18-21(19-16)14-5-4-12(2)10-13(14)3/h4-5,10-11H,6-9H2,1-3H3,(H,22,23). The van der Waals surface area contributed by atoms with Crippen molar-refractivity contribution in [3.8, 4) is 5.69 Å². The van der Waals surface area contributed by atoms with Gasteiger partial charge in [-0.15, -0.1) is 15.0 Å². The number of hydrogen-bond donors (Lipinski definition) is 1. The summed E-state index contributed by atoms with van der Waals surface area (Å²) in [5.74, 6) is 0.118. The van der Waals surface area contributed by atoms with Crippen molar-refractivity contribution in [1.82, 2.24) is 15.0 Å².